The Morgan fingerprint density at radius 1 is 1.04 bits per heavy atom. The van der Waals surface area contributed by atoms with Crippen molar-refractivity contribution in [1.82, 2.24) is 10.2 Å². The molecule has 23 heavy (non-hydrogen) atoms. The molecule has 2 fully saturated rings. The van der Waals surface area contributed by atoms with Gasteiger partial charge in [-0.05, 0) is 36.1 Å². The molecule has 0 radical (unpaired) electrons. The van der Waals surface area contributed by atoms with Gasteiger partial charge in [0.25, 0.3) is 11.8 Å². The third-order valence-corrected chi connectivity index (χ3v) is 5.97. The van der Waals surface area contributed by atoms with Gasteiger partial charge in [-0.25, -0.2) is 0 Å². The molecule has 4 rings (SSSR count). The number of rotatable bonds is 2. The summed E-state index contributed by atoms with van der Waals surface area (Å²) in [6.45, 7) is 0. The normalized spacial score (nSPS) is 25.2. The summed E-state index contributed by atoms with van der Waals surface area (Å²) in [5.74, 6) is -1.34. The second-order valence-electron chi connectivity index (χ2n) is 6.32. The van der Waals surface area contributed by atoms with Crippen molar-refractivity contribution < 1.29 is 19.2 Å². The summed E-state index contributed by atoms with van der Waals surface area (Å²) in [7, 11) is 0. The highest BCUT2D eigenvalue weighted by Gasteiger charge is 2.47. The minimum atomic E-state index is -0.872. The molecule has 1 aromatic heterocycles. The quantitative estimate of drug-likeness (QED) is 0.837. The number of nitrogens with zero attached hydrogens (tertiary/aromatic N) is 1. The summed E-state index contributed by atoms with van der Waals surface area (Å²) < 4.78 is 0. The highest BCUT2D eigenvalue weighted by Crippen LogP contribution is 2.42. The minimum absolute atomic E-state index is 0.149. The highest BCUT2D eigenvalue weighted by molar-refractivity contribution is 7.13. The number of thiophene rings is 1. The van der Waals surface area contributed by atoms with E-state index < -0.39 is 17.9 Å². The van der Waals surface area contributed by atoms with E-state index in [-0.39, 0.29) is 24.7 Å². The van der Waals surface area contributed by atoms with Crippen molar-refractivity contribution in [3.8, 4) is 0 Å². The lowest BCUT2D eigenvalue weighted by atomic mass is 9.96. The third-order valence-electron chi connectivity index (χ3n) is 4.98. The van der Waals surface area contributed by atoms with Gasteiger partial charge in [0.15, 0.2) is 0 Å². The zero-order valence-corrected chi connectivity index (χ0v) is 13.3. The average molecular weight is 332 g/mol. The van der Waals surface area contributed by atoms with Crippen molar-refractivity contribution in [1.29, 1.82) is 0 Å². The lowest BCUT2D eigenvalue weighted by Gasteiger charge is -2.28. The molecule has 4 amide bonds. The third kappa shape index (κ3) is 2.14. The average Bonchev–Trinajstić information content (AvgIpc) is 3.20. The first-order valence-corrected chi connectivity index (χ1v) is 8.79. The molecule has 3 aliphatic rings. The number of hydrogen-bond donors (Lipinski definition) is 1. The van der Waals surface area contributed by atoms with Crippen molar-refractivity contribution in [3.63, 3.8) is 0 Å². The number of nitrogens with one attached hydrogen (secondary N) is 1. The summed E-state index contributed by atoms with van der Waals surface area (Å²) in [5, 5.41) is 4.14. The Bertz CT molecular complexity index is 732. The number of hydrogen-bond acceptors (Lipinski definition) is 5. The molecule has 0 spiro atoms. The molecule has 1 N–H and O–H groups in total. The summed E-state index contributed by atoms with van der Waals surface area (Å²) in [6.07, 6.45) is 4.74. The van der Waals surface area contributed by atoms with E-state index in [2.05, 4.69) is 5.32 Å². The topological polar surface area (TPSA) is 83.6 Å². The lowest BCUT2D eigenvalue weighted by Crippen LogP contribution is -2.54. The molecule has 1 aliphatic carbocycles. The van der Waals surface area contributed by atoms with Gasteiger partial charge in [0.05, 0.1) is 5.56 Å². The van der Waals surface area contributed by atoms with Crippen LogP contribution in [-0.4, -0.2) is 34.6 Å². The van der Waals surface area contributed by atoms with Crippen LogP contribution < -0.4 is 5.32 Å². The van der Waals surface area contributed by atoms with Gasteiger partial charge < -0.3 is 0 Å². The molecule has 3 heterocycles. The Hall–Kier alpha value is -2.02. The van der Waals surface area contributed by atoms with Crippen LogP contribution in [0, 0.1) is 0 Å². The van der Waals surface area contributed by atoms with Crippen LogP contribution in [0.2, 0.25) is 0 Å². The van der Waals surface area contributed by atoms with Crippen molar-refractivity contribution in [2.75, 3.05) is 0 Å². The van der Waals surface area contributed by atoms with E-state index in [1.165, 1.54) is 11.3 Å². The Morgan fingerprint density at radius 3 is 2.48 bits per heavy atom. The predicted molar refractivity (Wildman–Crippen MR) is 82.2 cm³/mol. The molecule has 1 saturated heterocycles. The van der Waals surface area contributed by atoms with Gasteiger partial charge in [-0.2, -0.15) is 0 Å². The second-order valence-corrected chi connectivity index (χ2v) is 7.20. The van der Waals surface area contributed by atoms with Gasteiger partial charge in [-0.3, -0.25) is 29.4 Å². The molecular weight excluding hydrogens is 316 g/mol. The van der Waals surface area contributed by atoms with Crippen LogP contribution in [0.1, 0.15) is 70.0 Å². The summed E-state index contributed by atoms with van der Waals surface area (Å²) in [6, 6.07) is -0.872. The van der Waals surface area contributed by atoms with Crippen molar-refractivity contribution in [2.45, 2.75) is 50.5 Å². The Morgan fingerprint density at radius 2 is 1.78 bits per heavy atom. The Labute approximate surface area is 136 Å². The van der Waals surface area contributed by atoms with Crippen molar-refractivity contribution in [3.05, 3.63) is 21.4 Å². The SMILES string of the molecule is O=C1CCC(N2C(=O)c3scc(C4CCCC4)c3C2=O)C(=O)N1. The minimum Gasteiger partial charge on any atom is -0.295 e. The fourth-order valence-electron chi connectivity index (χ4n) is 3.82. The largest absolute Gasteiger partial charge is 0.295 e. The van der Waals surface area contributed by atoms with Gasteiger partial charge in [0.1, 0.15) is 10.9 Å². The second kappa shape index (κ2) is 5.26. The van der Waals surface area contributed by atoms with Gasteiger partial charge >= 0.3 is 0 Å². The van der Waals surface area contributed by atoms with Crippen LogP contribution in [0.15, 0.2) is 5.38 Å². The number of carbonyl (C=O) groups is 4. The maximum absolute atomic E-state index is 12.8. The molecule has 1 aromatic rings. The molecule has 6 nitrogen and oxygen atoms in total. The molecule has 7 heteroatoms. The zero-order chi connectivity index (χ0) is 16.1. The Kier molecular flexibility index (Phi) is 3.33. The van der Waals surface area contributed by atoms with Crippen LogP contribution in [0.25, 0.3) is 0 Å². The number of fused-ring (bicyclic) bond motifs is 1. The number of imide groups is 2. The molecule has 1 atom stereocenters. The van der Waals surface area contributed by atoms with Gasteiger partial charge in [-0.15, -0.1) is 11.3 Å². The van der Waals surface area contributed by atoms with E-state index in [1.54, 1.807) is 0 Å². The van der Waals surface area contributed by atoms with Crippen LogP contribution >= 0.6 is 11.3 Å². The molecule has 120 valence electrons. The first-order chi connectivity index (χ1) is 11.1. The van der Waals surface area contributed by atoms with Gasteiger partial charge in [0.2, 0.25) is 11.8 Å². The van der Waals surface area contributed by atoms with Crippen LogP contribution in [0.5, 0.6) is 0 Å². The smallest absolute Gasteiger partial charge is 0.272 e. The first-order valence-electron chi connectivity index (χ1n) is 7.91. The summed E-state index contributed by atoms with van der Waals surface area (Å²) in [5.41, 5.74) is 1.47. The maximum Gasteiger partial charge on any atom is 0.272 e. The van der Waals surface area contributed by atoms with Crippen LogP contribution in [0.3, 0.4) is 0 Å². The van der Waals surface area contributed by atoms with Gasteiger partial charge in [-0.1, -0.05) is 12.8 Å². The standard InChI is InChI=1S/C16H16N2O4S/c19-11-6-5-10(14(20)17-11)18-15(21)12-9(8-3-1-2-4-8)7-23-13(12)16(18)22/h7-8,10H,1-6H2,(H,17,19,20). The summed E-state index contributed by atoms with van der Waals surface area (Å²) in [4.78, 5) is 50.2. The summed E-state index contributed by atoms with van der Waals surface area (Å²) >= 11 is 1.30. The van der Waals surface area contributed by atoms with Crippen LogP contribution in [-0.2, 0) is 9.59 Å². The van der Waals surface area contributed by atoms with Crippen molar-refractivity contribution >= 4 is 35.0 Å². The van der Waals surface area contributed by atoms with E-state index in [9.17, 15) is 19.2 Å². The van der Waals surface area contributed by atoms with Gasteiger partial charge in [0, 0.05) is 6.42 Å². The molecular formula is C16H16N2O4S. The molecule has 0 aromatic carbocycles. The lowest BCUT2D eigenvalue weighted by molar-refractivity contribution is -0.136. The van der Waals surface area contributed by atoms with E-state index >= 15 is 0 Å². The fraction of sp³-hybridized carbons (Fsp3) is 0.500. The number of amides is 4. The fourth-order valence-corrected chi connectivity index (χ4v) is 4.90. The van der Waals surface area contributed by atoms with E-state index in [1.807, 2.05) is 5.38 Å². The predicted octanol–water partition coefficient (Wildman–Crippen LogP) is 1.81. The highest BCUT2D eigenvalue weighted by atomic mass is 32.1. The molecule has 1 unspecified atom stereocenters. The zero-order valence-electron chi connectivity index (χ0n) is 12.5. The molecule has 0 bridgehead atoms. The number of piperidine rings is 1. The number of carbonyl (C=O) groups excluding carboxylic acids is 4. The maximum atomic E-state index is 12.8. The van der Waals surface area contributed by atoms with Crippen molar-refractivity contribution in [2.24, 2.45) is 0 Å². The van der Waals surface area contributed by atoms with Crippen LogP contribution in [0.4, 0.5) is 0 Å². The van der Waals surface area contributed by atoms with E-state index in [0.29, 0.717) is 16.4 Å². The monoisotopic (exact) mass is 332 g/mol. The van der Waals surface area contributed by atoms with E-state index in [4.69, 9.17) is 0 Å². The first kappa shape index (κ1) is 14.6. The van der Waals surface area contributed by atoms with E-state index in [0.717, 1.165) is 36.1 Å². The molecule has 2 aliphatic heterocycles. The Balaban J connectivity index is 1.67. The molecule has 1 saturated carbocycles.